The monoisotopic (exact) mass is 386 g/mol. The maximum atomic E-state index is 13.6. The van der Waals surface area contributed by atoms with Crippen LogP contribution in [0.3, 0.4) is 0 Å². The Morgan fingerprint density at radius 1 is 0.821 bits per heavy atom. The maximum absolute atomic E-state index is 13.6. The van der Waals surface area contributed by atoms with Gasteiger partial charge in [0.1, 0.15) is 0 Å². The Bertz CT molecular complexity index is 1010. The van der Waals surface area contributed by atoms with Crippen molar-refractivity contribution < 1.29 is 13.2 Å². The van der Waals surface area contributed by atoms with Gasteiger partial charge in [0.15, 0.2) is 11.5 Å². The second-order valence-corrected chi connectivity index (χ2v) is 7.15. The summed E-state index contributed by atoms with van der Waals surface area (Å²) in [7, 11) is 0. The molecule has 0 unspecified atom stereocenters. The van der Waals surface area contributed by atoms with Gasteiger partial charge in [0.2, 0.25) is 0 Å². The summed E-state index contributed by atoms with van der Waals surface area (Å²) in [5, 5.41) is 0. The van der Waals surface area contributed by atoms with Gasteiger partial charge in [-0.2, -0.15) is 13.2 Å². The van der Waals surface area contributed by atoms with Crippen molar-refractivity contribution in [3.63, 3.8) is 0 Å². The molecule has 28 heavy (non-hydrogen) atoms. The van der Waals surface area contributed by atoms with E-state index in [2.05, 4.69) is 40.0 Å². The number of aromatic nitrogens is 2. The number of aryl methyl sites for hydroxylation is 2. The minimum Gasteiger partial charge on any atom is -0.368 e. The van der Waals surface area contributed by atoms with Crippen LogP contribution in [0.15, 0.2) is 42.5 Å². The van der Waals surface area contributed by atoms with Gasteiger partial charge in [-0.05, 0) is 43.2 Å². The molecule has 0 amide bonds. The van der Waals surface area contributed by atoms with Gasteiger partial charge in [0, 0.05) is 31.9 Å². The van der Waals surface area contributed by atoms with E-state index in [1.807, 2.05) is 6.92 Å². The highest BCUT2D eigenvalue weighted by molar-refractivity contribution is 5.76. The lowest BCUT2D eigenvalue weighted by Crippen LogP contribution is -2.47. The van der Waals surface area contributed by atoms with Crippen molar-refractivity contribution in [1.29, 1.82) is 0 Å². The first kappa shape index (κ1) is 18.5. The summed E-state index contributed by atoms with van der Waals surface area (Å²) in [5.74, 6) is -0.0770. The number of para-hydroxylation sites is 2. The Kier molecular flexibility index (Phi) is 4.61. The number of fused-ring (bicyclic) bond motifs is 1. The fourth-order valence-corrected chi connectivity index (χ4v) is 3.62. The van der Waals surface area contributed by atoms with Crippen LogP contribution in [0.1, 0.15) is 16.8 Å². The van der Waals surface area contributed by atoms with Gasteiger partial charge < -0.3 is 9.80 Å². The topological polar surface area (TPSA) is 32.3 Å². The molecule has 0 spiro atoms. The van der Waals surface area contributed by atoms with E-state index in [4.69, 9.17) is 0 Å². The number of anilines is 2. The summed E-state index contributed by atoms with van der Waals surface area (Å²) in [6.45, 7) is 6.29. The van der Waals surface area contributed by atoms with Crippen LogP contribution in [-0.4, -0.2) is 36.1 Å². The van der Waals surface area contributed by atoms with E-state index in [1.165, 1.54) is 11.1 Å². The van der Waals surface area contributed by atoms with Crippen LogP contribution in [0, 0.1) is 13.8 Å². The Morgan fingerprint density at radius 3 is 2.07 bits per heavy atom. The van der Waals surface area contributed by atoms with Crippen molar-refractivity contribution >= 4 is 22.5 Å². The number of hydrogen-bond acceptors (Lipinski definition) is 4. The number of nitrogens with zero attached hydrogens (tertiary/aromatic N) is 4. The molecule has 7 heteroatoms. The third-order valence-corrected chi connectivity index (χ3v) is 5.11. The molecule has 0 N–H and O–H groups in total. The standard InChI is InChI=1S/C21H21F3N4/c1-14-7-8-15(2)18(13-14)27-9-11-28(12-10-27)20-19(21(22,23)24)25-16-5-3-4-6-17(16)26-20/h3-8,13H,9-12H2,1-2H3. The molecule has 1 saturated heterocycles. The van der Waals surface area contributed by atoms with Crippen LogP contribution in [0.4, 0.5) is 24.7 Å². The third kappa shape index (κ3) is 3.48. The highest BCUT2D eigenvalue weighted by Gasteiger charge is 2.39. The van der Waals surface area contributed by atoms with E-state index < -0.39 is 11.9 Å². The molecule has 1 fully saturated rings. The second-order valence-electron chi connectivity index (χ2n) is 7.15. The van der Waals surface area contributed by atoms with Crippen molar-refractivity contribution in [3.8, 4) is 0 Å². The molecule has 1 aliphatic rings. The van der Waals surface area contributed by atoms with E-state index in [0.29, 0.717) is 31.7 Å². The van der Waals surface area contributed by atoms with Crippen LogP contribution < -0.4 is 9.80 Å². The molecule has 2 heterocycles. The Hall–Kier alpha value is -2.83. The molecule has 146 valence electrons. The first-order chi connectivity index (χ1) is 13.3. The molecule has 1 aliphatic heterocycles. The van der Waals surface area contributed by atoms with Crippen molar-refractivity contribution in [3.05, 3.63) is 59.3 Å². The lowest BCUT2D eigenvalue weighted by Gasteiger charge is -2.38. The average Bonchev–Trinajstić information content (AvgIpc) is 2.68. The van der Waals surface area contributed by atoms with Gasteiger partial charge in [-0.3, -0.25) is 0 Å². The van der Waals surface area contributed by atoms with Crippen LogP contribution in [0.2, 0.25) is 0 Å². The lowest BCUT2D eigenvalue weighted by atomic mass is 10.1. The van der Waals surface area contributed by atoms with Crippen LogP contribution in [0.5, 0.6) is 0 Å². The number of benzene rings is 2. The number of alkyl halides is 3. The summed E-state index contributed by atoms with van der Waals surface area (Å²) in [6, 6.07) is 12.9. The molecule has 4 nitrogen and oxygen atoms in total. The molecule has 4 rings (SSSR count). The summed E-state index contributed by atoms with van der Waals surface area (Å²) in [5.41, 5.74) is 3.30. The van der Waals surface area contributed by atoms with E-state index in [1.54, 1.807) is 29.2 Å². The Morgan fingerprint density at radius 2 is 1.43 bits per heavy atom. The Labute approximate surface area is 161 Å². The van der Waals surface area contributed by atoms with Gasteiger partial charge in [-0.25, -0.2) is 9.97 Å². The average molecular weight is 386 g/mol. The summed E-state index contributed by atoms with van der Waals surface area (Å²) < 4.78 is 40.9. The molecule has 0 atom stereocenters. The lowest BCUT2D eigenvalue weighted by molar-refractivity contribution is -0.140. The van der Waals surface area contributed by atoms with Gasteiger partial charge in [-0.15, -0.1) is 0 Å². The van der Waals surface area contributed by atoms with E-state index in [9.17, 15) is 13.2 Å². The number of piperazine rings is 1. The van der Waals surface area contributed by atoms with E-state index in [0.717, 1.165) is 5.69 Å². The molecular weight excluding hydrogens is 365 g/mol. The van der Waals surface area contributed by atoms with E-state index in [-0.39, 0.29) is 11.3 Å². The summed E-state index contributed by atoms with van der Waals surface area (Å²) >= 11 is 0. The second kappa shape index (κ2) is 6.96. The molecule has 0 bridgehead atoms. The van der Waals surface area contributed by atoms with Crippen LogP contribution in [0.25, 0.3) is 11.0 Å². The predicted molar refractivity (Wildman–Crippen MR) is 105 cm³/mol. The maximum Gasteiger partial charge on any atom is 0.437 e. The van der Waals surface area contributed by atoms with Gasteiger partial charge >= 0.3 is 6.18 Å². The number of rotatable bonds is 2. The first-order valence-electron chi connectivity index (χ1n) is 9.24. The van der Waals surface area contributed by atoms with Gasteiger partial charge in [-0.1, -0.05) is 24.3 Å². The van der Waals surface area contributed by atoms with Crippen LogP contribution in [-0.2, 0) is 6.18 Å². The quantitative estimate of drug-likeness (QED) is 0.645. The smallest absolute Gasteiger partial charge is 0.368 e. The molecular formula is C21H21F3N4. The zero-order valence-electron chi connectivity index (χ0n) is 15.8. The van der Waals surface area contributed by atoms with Crippen molar-refractivity contribution in [2.45, 2.75) is 20.0 Å². The van der Waals surface area contributed by atoms with Crippen molar-refractivity contribution in [2.75, 3.05) is 36.0 Å². The fraction of sp³-hybridized carbons (Fsp3) is 0.333. The van der Waals surface area contributed by atoms with Crippen molar-refractivity contribution in [2.24, 2.45) is 0 Å². The zero-order valence-corrected chi connectivity index (χ0v) is 15.8. The minimum atomic E-state index is -4.55. The molecule has 0 aliphatic carbocycles. The largest absolute Gasteiger partial charge is 0.437 e. The Balaban J connectivity index is 1.64. The molecule has 0 radical (unpaired) electrons. The van der Waals surface area contributed by atoms with E-state index >= 15 is 0 Å². The highest BCUT2D eigenvalue weighted by Crippen LogP contribution is 2.36. The SMILES string of the molecule is Cc1ccc(C)c(N2CCN(c3nc4ccccc4nc3C(F)(F)F)CC2)c1. The molecule has 2 aromatic carbocycles. The molecule has 0 saturated carbocycles. The predicted octanol–water partition coefficient (Wildman–Crippen LogP) is 4.59. The third-order valence-electron chi connectivity index (χ3n) is 5.11. The summed E-state index contributed by atoms with van der Waals surface area (Å²) in [4.78, 5) is 12.1. The highest BCUT2D eigenvalue weighted by atomic mass is 19.4. The van der Waals surface area contributed by atoms with Crippen molar-refractivity contribution in [1.82, 2.24) is 9.97 Å². The van der Waals surface area contributed by atoms with Gasteiger partial charge in [0.25, 0.3) is 0 Å². The summed E-state index contributed by atoms with van der Waals surface area (Å²) in [6.07, 6.45) is -4.55. The van der Waals surface area contributed by atoms with Gasteiger partial charge in [0.05, 0.1) is 11.0 Å². The van der Waals surface area contributed by atoms with Crippen LogP contribution >= 0.6 is 0 Å². The zero-order chi connectivity index (χ0) is 19.9. The minimum absolute atomic E-state index is 0.0770. The normalized spacial score (nSPS) is 15.3. The first-order valence-corrected chi connectivity index (χ1v) is 9.24. The number of hydrogen-bond donors (Lipinski definition) is 0. The molecule has 3 aromatic rings. The molecule has 1 aromatic heterocycles. The number of halogens is 3. The fourth-order valence-electron chi connectivity index (χ4n) is 3.62.